The lowest BCUT2D eigenvalue weighted by atomic mass is 10.1. The largest absolute Gasteiger partial charge is 0.484 e. The number of amides is 2. The van der Waals surface area contributed by atoms with Crippen LogP contribution in [-0.4, -0.2) is 56.0 Å². The highest BCUT2D eigenvalue weighted by molar-refractivity contribution is 6.30. The molecule has 1 fully saturated rings. The van der Waals surface area contributed by atoms with Gasteiger partial charge in [0.25, 0.3) is 5.91 Å². The first-order chi connectivity index (χ1) is 14.6. The number of carbonyl (C=O) groups is 2. The zero-order valence-corrected chi connectivity index (χ0v) is 17.7. The van der Waals surface area contributed by atoms with Crippen LogP contribution >= 0.6 is 11.6 Å². The summed E-state index contributed by atoms with van der Waals surface area (Å²) in [5.41, 5.74) is 3.74. The van der Waals surface area contributed by atoms with Crippen LogP contribution in [-0.2, 0) is 22.4 Å². The predicted octanol–water partition coefficient (Wildman–Crippen LogP) is 2.67. The molecule has 0 atom stereocenters. The fraction of sp³-hybridized carbons (Fsp3) is 0.391. The molecule has 0 spiro atoms. The zero-order valence-electron chi connectivity index (χ0n) is 16.9. The molecule has 2 aliphatic rings. The number of ether oxygens (including phenoxy) is 1. The summed E-state index contributed by atoms with van der Waals surface area (Å²) in [4.78, 5) is 28.5. The van der Waals surface area contributed by atoms with E-state index >= 15 is 0 Å². The monoisotopic (exact) mass is 427 g/mol. The minimum Gasteiger partial charge on any atom is -0.484 e. The topological polar surface area (TPSA) is 61.9 Å². The van der Waals surface area contributed by atoms with Gasteiger partial charge in [0.1, 0.15) is 5.75 Å². The van der Waals surface area contributed by atoms with Crippen molar-refractivity contribution >= 4 is 29.1 Å². The molecular weight excluding hydrogens is 402 g/mol. The average molecular weight is 428 g/mol. The number of carbonyl (C=O) groups excluding carboxylic acids is 2. The third-order valence-electron chi connectivity index (χ3n) is 5.68. The summed E-state index contributed by atoms with van der Waals surface area (Å²) in [7, 11) is 0. The molecule has 2 amide bonds. The Labute approximate surface area is 181 Å². The van der Waals surface area contributed by atoms with Gasteiger partial charge in [-0.15, -0.1) is 0 Å². The lowest BCUT2D eigenvalue weighted by molar-refractivity contribution is -0.133. The van der Waals surface area contributed by atoms with Gasteiger partial charge in [-0.2, -0.15) is 0 Å². The molecule has 1 aliphatic carbocycles. The minimum absolute atomic E-state index is 0.0104. The number of anilines is 1. The number of nitrogens with one attached hydrogen (secondary N) is 1. The number of piperazine rings is 1. The van der Waals surface area contributed by atoms with Crippen molar-refractivity contribution in [3.63, 3.8) is 0 Å². The van der Waals surface area contributed by atoms with Crippen LogP contribution < -0.4 is 15.0 Å². The number of hydrogen-bond donors (Lipinski definition) is 1. The van der Waals surface area contributed by atoms with E-state index < -0.39 is 0 Å². The van der Waals surface area contributed by atoms with Gasteiger partial charge in [-0.1, -0.05) is 23.7 Å². The SMILES string of the molecule is O=C(COc1ccc2c(c1)CCC2)NCC(=O)N1CCN(c2cccc(Cl)c2)CC1. The van der Waals surface area contributed by atoms with E-state index in [0.29, 0.717) is 23.9 Å². The number of fused-ring (bicyclic) bond motifs is 1. The Balaban J connectivity index is 1.18. The quantitative estimate of drug-likeness (QED) is 0.770. The van der Waals surface area contributed by atoms with Crippen LogP contribution in [0.5, 0.6) is 5.75 Å². The van der Waals surface area contributed by atoms with E-state index in [1.807, 2.05) is 36.4 Å². The maximum absolute atomic E-state index is 12.4. The fourth-order valence-corrected chi connectivity index (χ4v) is 4.20. The van der Waals surface area contributed by atoms with Gasteiger partial charge < -0.3 is 19.9 Å². The Bertz CT molecular complexity index is 926. The second kappa shape index (κ2) is 9.39. The molecule has 1 heterocycles. The van der Waals surface area contributed by atoms with E-state index in [1.54, 1.807) is 4.90 Å². The van der Waals surface area contributed by atoms with Gasteiger partial charge in [-0.25, -0.2) is 0 Å². The van der Waals surface area contributed by atoms with Gasteiger partial charge in [0.2, 0.25) is 5.91 Å². The van der Waals surface area contributed by atoms with Crippen LogP contribution in [0.1, 0.15) is 17.5 Å². The Kier molecular flexibility index (Phi) is 6.43. The molecule has 1 aliphatic heterocycles. The summed E-state index contributed by atoms with van der Waals surface area (Å²) in [5, 5.41) is 3.37. The molecular formula is C23H26ClN3O3. The first-order valence-corrected chi connectivity index (χ1v) is 10.8. The van der Waals surface area contributed by atoms with Crippen LogP contribution in [0.15, 0.2) is 42.5 Å². The van der Waals surface area contributed by atoms with Gasteiger partial charge >= 0.3 is 0 Å². The van der Waals surface area contributed by atoms with Crippen LogP contribution in [0.4, 0.5) is 5.69 Å². The minimum atomic E-state index is -0.290. The van der Waals surface area contributed by atoms with Crippen molar-refractivity contribution < 1.29 is 14.3 Å². The number of aryl methyl sites for hydroxylation is 2. The van der Waals surface area contributed by atoms with Gasteiger partial charge in [0, 0.05) is 36.9 Å². The predicted molar refractivity (Wildman–Crippen MR) is 117 cm³/mol. The number of nitrogens with zero attached hydrogens (tertiary/aromatic N) is 2. The third-order valence-corrected chi connectivity index (χ3v) is 5.92. The lowest BCUT2D eigenvalue weighted by Crippen LogP contribution is -2.51. The molecule has 7 heteroatoms. The normalized spacial score (nSPS) is 15.6. The van der Waals surface area contributed by atoms with Crippen molar-refractivity contribution in [2.45, 2.75) is 19.3 Å². The maximum atomic E-state index is 12.4. The van der Waals surface area contributed by atoms with Crippen LogP contribution in [0.3, 0.4) is 0 Å². The number of hydrogen-bond acceptors (Lipinski definition) is 4. The second-order valence-electron chi connectivity index (χ2n) is 7.70. The van der Waals surface area contributed by atoms with E-state index in [0.717, 1.165) is 31.6 Å². The van der Waals surface area contributed by atoms with Crippen LogP contribution in [0, 0.1) is 0 Å². The van der Waals surface area contributed by atoms with E-state index in [4.69, 9.17) is 16.3 Å². The summed E-state index contributed by atoms with van der Waals surface area (Å²) in [6.07, 6.45) is 3.36. The molecule has 1 N–H and O–H groups in total. The summed E-state index contributed by atoms with van der Waals surface area (Å²) in [6, 6.07) is 13.7. The number of halogens is 1. The smallest absolute Gasteiger partial charge is 0.258 e. The molecule has 6 nitrogen and oxygen atoms in total. The first-order valence-electron chi connectivity index (χ1n) is 10.4. The molecule has 2 aromatic carbocycles. The van der Waals surface area contributed by atoms with E-state index in [9.17, 15) is 9.59 Å². The van der Waals surface area contributed by atoms with Crippen molar-refractivity contribution in [1.82, 2.24) is 10.2 Å². The summed E-state index contributed by atoms with van der Waals surface area (Å²) in [5.74, 6) is 0.335. The number of benzene rings is 2. The van der Waals surface area contributed by atoms with Crippen molar-refractivity contribution in [2.24, 2.45) is 0 Å². The molecule has 0 unspecified atom stereocenters. The fourth-order valence-electron chi connectivity index (χ4n) is 4.01. The molecule has 0 saturated carbocycles. The second-order valence-corrected chi connectivity index (χ2v) is 8.13. The summed E-state index contributed by atoms with van der Waals surface area (Å²) >= 11 is 6.06. The molecule has 0 radical (unpaired) electrons. The van der Waals surface area contributed by atoms with Crippen molar-refractivity contribution in [3.05, 3.63) is 58.6 Å². The molecule has 1 saturated heterocycles. The Morgan fingerprint density at radius 2 is 1.80 bits per heavy atom. The third kappa shape index (κ3) is 5.05. The van der Waals surface area contributed by atoms with E-state index in [1.165, 1.54) is 17.5 Å². The maximum Gasteiger partial charge on any atom is 0.258 e. The van der Waals surface area contributed by atoms with E-state index in [2.05, 4.69) is 16.3 Å². The first kappa shape index (κ1) is 20.5. The van der Waals surface area contributed by atoms with Crippen molar-refractivity contribution in [2.75, 3.05) is 44.2 Å². The lowest BCUT2D eigenvalue weighted by Gasteiger charge is -2.36. The highest BCUT2D eigenvalue weighted by Crippen LogP contribution is 2.26. The van der Waals surface area contributed by atoms with E-state index in [-0.39, 0.29) is 25.0 Å². The molecule has 0 bridgehead atoms. The molecule has 158 valence electrons. The molecule has 0 aromatic heterocycles. The molecule has 30 heavy (non-hydrogen) atoms. The summed E-state index contributed by atoms with van der Waals surface area (Å²) < 4.78 is 5.59. The number of rotatable bonds is 6. The van der Waals surface area contributed by atoms with Gasteiger partial charge in [-0.05, 0) is 60.7 Å². The van der Waals surface area contributed by atoms with Gasteiger partial charge in [0.05, 0.1) is 6.54 Å². The highest BCUT2D eigenvalue weighted by atomic mass is 35.5. The van der Waals surface area contributed by atoms with Gasteiger partial charge in [0.15, 0.2) is 6.61 Å². The Morgan fingerprint density at radius 3 is 2.60 bits per heavy atom. The standard InChI is InChI=1S/C23H26ClN3O3/c24-19-5-2-6-20(14-19)26-9-11-27(12-10-26)23(29)15-25-22(28)16-30-21-8-7-17-3-1-4-18(17)13-21/h2,5-8,13-14H,1,3-4,9-12,15-16H2,(H,25,28). The zero-order chi connectivity index (χ0) is 20.9. The summed E-state index contributed by atoms with van der Waals surface area (Å²) in [6.45, 7) is 2.61. The average Bonchev–Trinajstić information content (AvgIpc) is 3.24. The Hall–Kier alpha value is -2.73. The van der Waals surface area contributed by atoms with Crippen molar-refractivity contribution in [1.29, 1.82) is 0 Å². The van der Waals surface area contributed by atoms with Crippen LogP contribution in [0.25, 0.3) is 0 Å². The molecule has 4 rings (SSSR count). The highest BCUT2D eigenvalue weighted by Gasteiger charge is 2.21. The van der Waals surface area contributed by atoms with Gasteiger partial charge in [-0.3, -0.25) is 9.59 Å². The Morgan fingerprint density at radius 1 is 1.00 bits per heavy atom. The molecule has 2 aromatic rings. The van der Waals surface area contributed by atoms with Crippen LogP contribution in [0.2, 0.25) is 5.02 Å². The van der Waals surface area contributed by atoms with Crippen molar-refractivity contribution in [3.8, 4) is 5.75 Å².